The topological polar surface area (TPSA) is 81.5 Å². The molecule has 0 radical (unpaired) electrons. The van der Waals surface area contributed by atoms with E-state index in [0.29, 0.717) is 21.5 Å². The van der Waals surface area contributed by atoms with E-state index >= 15 is 0 Å². The van der Waals surface area contributed by atoms with E-state index in [1.165, 1.54) is 25.3 Å². The van der Waals surface area contributed by atoms with Gasteiger partial charge in [0.15, 0.2) is 0 Å². The summed E-state index contributed by atoms with van der Waals surface area (Å²) < 4.78 is 5.67. The van der Waals surface area contributed by atoms with Gasteiger partial charge in [0.2, 0.25) is 0 Å². The minimum atomic E-state index is -0.517. The van der Waals surface area contributed by atoms with Crippen molar-refractivity contribution in [2.24, 2.45) is 0 Å². The van der Waals surface area contributed by atoms with Crippen molar-refractivity contribution in [2.75, 3.05) is 12.4 Å². The quantitative estimate of drug-likeness (QED) is 0.674. The fourth-order valence-electron chi connectivity index (χ4n) is 1.70. The summed E-state index contributed by atoms with van der Waals surface area (Å²) >= 11 is 3.29. The first-order chi connectivity index (χ1) is 10.0. The summed E-state index contributed by atoms with van der Waals surface area (Å²) in [5.41, 5.74) is 0.641. The van der Waals surface area contributed by atoms with E-state index in [4.69, 9.17) is 4.74 Å². The zero-order chi connectivity index (χ0) is 15.4. The molecule has 6 nitrogen and oxygen atoms in total. The number of anilines is 1. The van der Waals surface area contributed by atoms with E-state index in [9.17, 15) is 14.9 Å². The van der Waals surface area contributed by atoms with Gasteiger partial charge in [-0.25, -0.2) is 0 Å². The van der Waals surface area contributed by atoms with Crippen LogP contribution < -0.4 is 10.1 Å². The highest BCUT2D eigenvalue weighted by Gasteiger charge is 2.13. The van der Waals surface area contributed by atoms with Crippen molar-refractivity contribution in [3.05, 3.63) is 62.6 Å². The number of nitrogens with one attached hydrogen (secondary N) is 1. The number of methoxy groups -OCH3 is 1. The van der Waals surface area contributed by atoms with Crippen molar-refractivity contribution in [1.29, 1.82) is 0 Å². The van der Waals surface area contributed by atoms with Gasteiger partial charge < -0.3 is 10.1 Å². The van der Waals surface area contributed by atoms with Crippen LogP contribution in [-0.4, -0.2) is 17.9 Å². The van der Waals surface area contributed by atoms with Crippen LogP contribution in [0.4, 0.5) is 11.4 Å². The van der Waals surface area contributed by atoms with Crippen LogP contribution in [0.2, 0.25) is 0 Å². The second kappa shape index (κ2) is 6.36. The van der Waals surface area contributed by atoms with Gasteiger partial charge in [0.05, 0.1) is 17.6 Å². The Hall–Kier alpha value is -2.41. The van der Waals surface area contributed by atoms with Crippen LogP contribution in [0.1, 0.15) is 10.4 Å². The predicted octanol–water partition coefficient (Wildman–Crippen LogP) is 3.62. The Kier molecular flexibility index (Phi) is 4.54. The highest BCUT2D eigenvalue weighted by atomic mass is 79.9. The van der Waals surface area contributed by atoms with E-state index < -0.39 is 4.92 Å². The lowest BCUT2D eigenvalue weighted by Gasteiger charge is -2.08. The minimum absolute atomic E-state index is 0.0856. The molecule has 2 aromatic rings. The first-order valence-electron chi connectivity index (χ1n) is 5.90. The largest absolute Gasteiger partial charge is 0.497 e. The number of ether oxygens (including phenoxy) is 1. The molecule has 0 saturated heterocycles. The second-order valence-electron chi connectivity index (χ2n) is 4.11. The Morgan fingerprint density at radius 3 is 2.71 bits per heavy atom. The van der Waals surface area contributed by atoms with Crippen molar-refractivity contribution in [2.45, 2.75) is 0 Å². The highest BCUT2D eigenvalue weighted by molar-refractivity contribution is 9.10. The minimum Gasteiger partial charge on any atom is -0.497 e. The van der Waals surface area contributed by atoms with E-state index in [1.807, 2.05) is 0 Å². The summed E-state index contributed by atoms with van der Waals surface area (Å²) in [4.78, 5) is 22.4. The molecule has 0 aliphatic heterocycles. The van der Waals surface area contributed by atoms with E-state index in [2.05, 4.69) is 21.2 Å². The molecule has 7 heteroatoms. The highest BCUT2D eigenvalue weighted by Crippen LogP contribution is 2.24. The number of rotatable bonds is 4. The number of carbonyl (C=O) groups is 1. The van der Waals surface area contributed by atoms with E-state index in [0.717, 1.165) is 0 Å². The molecule has 0 spiro atoms. The molecule has 0 bridgehead atoms. The van der Waals surface area contributed by atoms with Gasteiger partial charge in [-0.05, 0) is 40.2 Å². The number of nitrogens with zero attached hydrogens (tertiary/aromatic N) is 1. The molecule has 0 fully saturated rings. The summed E-state index contributed by atoms with van der Waals surface area (Å²) in [5, 5.41) is 13.3. The van der Waals surface area contributed by atoms with Gasteiger partial charge in [0.25, 0.3) is 11.6 Å². The number of halogens is 1. The van der Waals surface area contributed by atoms with Gasteiger partial charge in [-0.15, -0.1) is 0 Å². The monoisotopic (exact) mass is 350 g/mol. The van der Waals surface area contributed by atoms with Crippen LogP contribution in [0.5, 0.6) is 5.75 Å². The number of hydrogen-bond acceptors (Lipinski definition) is 4. The third kappa shape index (κ3) is 3.57. The molecule has 0 aromatic heterocycles. The third-order valence-electron chi connectivity index (χ3n) is 2.73. The maximum absolute atomic E-state index is 12.2. The fraction of sp³-hybridized carbons (Fsp3) is 0.0714. The first-order valence-corrected chi connectivity index (χ1v) is 6.70. The van der Waals surface area contributed by atoms with E-state index in [1.54, 1.807) is 24.3 Å². The third-order valence-corrected chi connectivity index (χ3v) is 3.42. The number of hydrogen-bond donors (Lipinski definition) is 1. The zero-order valence-corrected chi connectivity index (χ0v) is 12.6. The second-order valence-corrected chi connectivity index (χ2v) is 4.96. The van der Waals surface area contributed by atoms with Crippen LogP contribution in [-0.2, 0) is 0 Å². The molecule has 0 aliphatic carbocycles. The molecule has 108 valence electrons. The molecule has 0 unspecified atom stereocenters. The van der Waals surface area contributed by atoms with Crippen LogP contribution >= 0.6 is 15.9 Å². The predicted molar refractivity (Wildman–Crippen MR) is 81.7 cm³/mol. The molecule has 1 N–H and O–H groups in total. The Morgan fingerprint density at radius 1 is 1.29 bits per heavy atom. The SMILES string of the molecule is COc1ccc(Br)c(C(=O)Nc2cccc([N+](=O)[O-])c2)c1. The smallest absolute Gasteiger partial charge is 0.271 e. The van der Waals surface area contributed by atoms with Gasteiger partial charge in [0, 0.05) is 22.3 Å². The number of benzene rings is 2. The molecule has 0 atom stereocenters. The van der Waals surface area contributed by atoms with Gasteiger partial charge >= 0.3 is 0 Å². The first kappa shape index (κ1) is 15.0. The fourth-order valence-corrected chi connectivity index (χ4v) is 2.13. The number of amides is 1. The molecule has 0 saturated carbocycles. The standard InChI is InChI=1S/C14H11BrN2O4/c1-21-11-5-6-13(15)12(8-11)14(18)16-9-3-2-4-10(7-9)17(19)20/h2-8H,1H3,(H,16,18). The normalized spacial score (nSPS) is 10.0. The molecule has 1 amide bonds. The molecule has 21 heavy (non-hydrogen) atoms. The summed E-state index contributed by atoms with van der Waals surface area (Å²) in [6.45, 7) is 0. The Balaban J connectivity index is 2.25. The zero-order valence-electron chi connectivity index (χ0n) is 11.0. The number of non-ortho nitro benzene ring substituents is 1. The summed E-state index contributed by atoms with van der Waals surface area (Å²) in [7, 11) is 1.51. The molecule has 0 aliphatic rings. The van der Waals surface area contributed by atoms with Crippen molar-refractivity contribution < 1.29 is 14.5 Å². The molecule has 2 rings (SSSR count). The Morgan fingerprint density at radius 2 is 2.05 bits per heavy atom. The number of nitro benzene ring substituents is 1. The molecule has 2 aromatic carbocycles. The van der Waals surface area contributed by atoms with Gasteiger partial charge in [-0.3, -0.25) is 14.9 Å². The van der Waals surface area contributed by atoms with Crippen molar-refractivity contribution in [3.63, 3.8) is 0 Å². The van der Waals surface area contributed by atoms with Crippen molar-refractivity contribution >= 4 is 33.2 Å². The lowest BCUT2D eigenvalue weighted by Crippen LogP contribution is -2.12. The maximum Gasteiger partial charge on any atom is 0.271 e. The molecular weight excluding hydrogens is 340 g/mol. The molecular formula is C14H11BrN2O4. The van der Waals surface area contributed by atoms with Crippen LogP contribution in [0.15, 0.2) is 46.9 Å². The van der Waals surface area contributed by atoms with Gasteiger partial charge in [-0.2, -0.15) is 0 Å². The van der Waals surface area contributed by atoms with Crippen molar-refractivity contribution in [1.82, 2.24) is 0 Å². The van der Waals surface area contributed by atoms with Crippen molar-refractivity contribution in [3.8, 4) is 5.75 Å². The molecule has 0 heterocycles. The Labute approximate surface area is 129 Å². The summed E-state index contributed by atoms with van der Waals surface area (Å²) in [5.74, 6) is 0.156. The summed E-state index contributed by atoms with van der Waals surface area (Å²) in [6, 6.07) is 10.7. The van der Waals surface area contributed by atoms with Crippen LogP contribution in [0.3, 0.4) is 0 Å². The number of nitro groups is 1. The maximum atomic E-state index is 12.2. The van der Waals surface area contributed by atoms with Crippen LogP contribution in [0.25, 0.3) is 0 Å². The Bertz CT molecular complexity index is 703. The average molecular weight is 351 g/mol. The van der Waals surface area contributed by atoms with Gasteiger partial charge in [0.1, 0.15) is 5.75 Å². The van der Waals surface area contributed by atoms with Gasteiger partial charge in [-0.1, -0.05) is 6.07 Å². The van der Waals surface area contributed by atoms with E-state index in [-0.39, 0.29) is 11.6 Å². The average Bonchev–Trinajstić information content (AvgIpc) is 2.48. The van der Waals surface area contributed by atoms with Crippen LogP contribution in [0, 0.1) is 10.1 Å². The number of carbonyl (C=O) groups excluding carboxylic acids is 1. The lowest BCUT2D eigenvalue weighted by molar-refractivity contribution is -0.384. The lowest BCUT2D eigenvalue weighted by atomic mass is 10.2. The summed E-state index contributed by atoms with van der Waals surface area (Å²) in [6.07, 6.45) is 0.